The Hall–Kier alpha value is -0.0800. The molecule has 2 heteroatoms. The molecule has 1 aliphatic carbocycles. The molecule has 1 heterocycles. The van der Waals surface area contributed by atoms with Gasteiger partial charge >= 0.3 is 0 Å². The van der Waals surface area contributed by atoms with Crippen LogP contribution in [0.2, 0.25) is 0 Å². The summed E-state index contributed by atoms with van der Waals surface area (Å²) in [6, 6.07) is 0.635. The van der Waals surface area contributed by atoms with Gasteiger partial charge in [-0.05, 0) is 44.6 Å². The van der Waals surface area contributed by atoms with Gasteiger partial charge in [-0.3, -0.25) is 0 Å². The standard InChI is InChI=1S/C15H29NO/c1-2-11-16-15(14-10-7-12-17-14)13-8-5-3-4-6-9-13/h13-16H,2-12H2,1H3. The van der Waals surface area contributed by atoms with Crippen LogP contribution in [0.5, 0.6) is 0 Å². The van der Waals surface area contributed by atoms with E-state index in [2.05, 4.69) is 12.2 Å². The van der Waals surface area contributed by atoms with Crippen molar-refractivity contribution < 1.29 is 4.74 Å². The molecule has 2 fully saturated rings. The van der Waals surface area contributed by atoms with E-state index in [1.165, 1.54) is 57.8 Å². The minimum atomic E-state index is 0.504. The zero-order chi connectivity index (χ0) is 11.9. The maximum absolute atomic E-state index is 5.94. The van der Waals surface area contributed by atoms with Crippen LogP contribution in [0.1, 0.15) is 64.7 Å². The van der Waals surface area contributed by atoms with Crippen LogP contribution < -0.4 is 5.32 Å². The molecule has 1 aliphatic heterocycles. The van der Waals surface area contributed by atoms with Crippen molar-refractivity contribution in [2.75, 3.05) is 13.2 Å². The Morgan fingerprint density at radius 2 is 1.82 bits per heavy atom. The summed E-state index contributed by atoms with van der Waals surface area (Å²) >= 11 is 0. The van der Waals surface area contributed by atoms with Crippen molar-refractivity contribution in [3.63, 3.8) is 0 Å². The molecule has 17 heavy (non-hydrogen) atoms. The first-order chi connectivity index (χ1) is 8.42. The fourth-order valence-electron chi connectivity index (χ4n) is 3.47. The molecule has 1 N–H and O–H groups in total. The van der Waals surface area contributed by atoms with E-state index in [0.717, 1.165) is 19.1 Å². The van der Waals surface area contributed by atoms with Gasteiger partial charge in [-0.2, -0.15) is 0 Å². The van der Waals surface area contributed by atoms with Crippen LogP contribution in [0.3, 0.4) is 0 Å². The zero-order valence-corrected chi connectivity index (χ0v) is 11.4. The summed E-state index contributed by atoms with van der Waals surface area (Å²) in [5.74, 6) is 0.868. The molecule has 0 amide bonds. The van der Waals surface area contributed by atoms with Crippen molar-refractivity contribution >= 4 is 0 Å². The maximum atomic E-state index is 5.94. The second kappa shape index (κ2) is 7.38. The predicted octanol–water partition coefficient (Wildman–Crippen LogP) is 3.50. The Balaban J connectivity index is 1.91. The molecule has 2 atom stereocenters. The lowest BCUT2D eigenvalue weighted by Gasteiger charge is -2.31. The lowest BCUT2D eigenvalue weighted by Crippen LogP contribution is -2.45. The van der Waals surface area contributed by atoms with E-state index >= 15 is 0 Å². The number of rotatable bonds is 5. The van der Waals surface area contributed by atoms with Crippen molar-refractivity contribution in [3.05, 3.63) is 0 Å². The van der Waals surface area contributed by atoms with Crippen LogP contribution in [0.4, 0.5) is 0 Å². The summed E-state index contributed by atoms with van der Waals surface area (Å²) in [5.41, 5.74) is 0. The third-order valence-electron chi connectivity index (χ3n) is 4.40. The third kappa shape index (κ3) is 3.96. The van der Waals surface area contributed by atoms with Gasteiger partial charge in [0, 0.05) is 12.6 Å². The van der Waals surface area contributed by atoms with Gasteiger partial charge < -0.3 is 10.1 Å². The number of hydrogen-bond acceptors (Lipinski definition) is 2. The average Bonchev–Trinajstić information content (AvgIpc) is 2.73. The van der Waals surface area contributed by atoms with E-state index in [9.17, 15) is 0 Å². The lowest BCUT2D eigenvalue weighted by atomic mass is 9.87. The number of nitrogens with one attached hydrogen (secondary N) is 1. The third-order valence-corrected chi connectivity index (χ3v) is 4.40. The molecule has 0 radical (unpaired) electrons. The number of hydrogen-bond donors (Lipinski definition) is 1. The topological polar surface area (TPSA) is 21.3 Å². The molecule has 0 bridgehead atoms. The van der Waals surface area contributed by atoms with Gasteiger partial charge in [-0.1, -0.05) is 32.6 Å². The highest BCUT2D eigenvalue weighted by Gasteiger charge is 2.31. The van der Waals surface area contributed by atoms with Gasteiger partial charge in [0.05, 0.1) is 6.10 Å². The first kappa shape index (κ1) is 13.4. The minimum Gasteiger partial charge on any atom is -0.377 e. The average molecular weight is 239 g/mol. The fraction of sp³-hybridized carbons (Fsp3) is 1.00. The smallest absolute Gasteiger partial charge is 0.0731 e. The molecule has 1 saturated carbocycles. The molecule has 0 aromatic heterocycles. The molecule has 0 aromatic rings. The summed E-state index contributed by atoms with van der Waals surface area (Å²) < 4.78 is 5.94. The van der Waals surface area contributed by atoms with Gasteiger partial charge in [0.2, 0.25) is 0 Å². The molecule has 0 spiro atoms. The summed E-state index contributed by atoms with van der Waals surface area (Å²) in [7, 11) is 0. The molecule has 2 nitrogen and oxygen atoms in total. The van der Waals surface area contributed by atoms with E-state index in [4.69, 9.17) is 4.74 Å². The van der Waals surface area contributed by atoms with E-state index in [0.29, 0.717) is 12.1 Å². The summed E-state index contributed by atoms with van der Waals surface area (Å²) in [5, 5.41) is 3.78. The molecule has 2 unspecified atom stereocenters. The predicted molar refractivity (Wildman–Crippen MR) is 72.2 cm³/mol. The second-order valence-electron chi connectivity index (χ2n) is 5.78. The normalized spacial score (nSPS) is 29.1. The number of ether oxygens (including phenoxy) is 1. The Kier molecular flexibility index (Phi) is 5.79. The zero-order valence-electron chi connectivity index (χ0n) is 11.4. The molecule has 2 aliphatic rings. The summed E-state index contributed by atoms with van der Waals surface area (Å²) in [4.78, 5) is 0. The highest BCUT2D eigenvalue weighted by atomic mass is 16.5. The van der Waals surface area contributed by atoms with Gasteiger partial charge in [0.15, 0.2) is 0 Å². The molecular formula is C15H29NO. The van der Waals surface area contributed by atoms with Gasteiger partial charge in [0.1, 0.15) is 0 Å². The SMILES string of the molecule is CCCNC(C1CCCCCC1)C1CCCO1. The van der Waals surface area contributed by atoms with Gasteiger partial charge in [0.25, 0.3) is 0 Å². The van der Waals surface area contributed by atoms with E-state index in [1.54, 1.807) is 0 Å². The first-order valence-electron chi connectivity index (χ1n) is 7.77. The summed E-state index contributed by atoms with van der Waals surface area (Å²) in [6.45, 7) is 4.40. The summed E-state index contributed by atoms with van der Waals surface area (Å²) in [6.07, 6.45) is 12.9. The monoisotopic (exact) mass is 239 g/mol. The highest BCUT2D eigenvalue weighted by molar-refractivity contribution is 4.87. The molecule has 2 rings (SSSR count). The van der Waals surface area contributed by atoms with Crippen molar-refractivity contribution in [1.82, 2.24) is 5.32 Å². The van der Waals surface area contributed by atoms with Crippen molar-refractivity contribution in [2.45, 2.75) is 76.9 Å². The van der Waals surface area contributed by atoms with E-state index in [1.807, 2.05) is 0 Å². The van der Waals surface area contributed by atoms with Crippen LogP contribution in [0, 0.1) is 5.92 Å². The van der Waals surface area contributed by atoms with Crippen LogP contribution in [0.15, 0.2) is 0 Å². The minimum absolute atomic E-state index is 0.504. The Morgan fingerprint density at radius 1 is 1.06 bits per heavy atom. The van der Waals surface area contributed by atoms with Crippen LogP contribution in [-0.2, 0) is 4.74 Å². The Labute approximate surface area is 107 Å². The van der Waals surface area contributed by atoms with E-state index < -0.39 is 0 Å². The fourth-order valence-corrected chi connectivity index (χ4v) is 3.47. The molecule has 0 aromatic carbocycles. The van der Waals surface area contributed by atoms with Crippen molar-refractivity contribution in [2.24, 2.45) is 5.92 Å². The first-order valence-corrected chi connectivity index (χ1v) is 7.77. The Bertz CT molecular complexity index is 193. The van der Waals surface area contributed by atoms with Crippen LogP contribution in [0.25, 0.3) is 0 Å². The van der Waals surface area contributed by atoms with Crippen LogP contribution in [-0.4, -0.2) is 25.3 Å². The second-order valence-corrected chi connectivity index (χ2v) is 5.78. The van der Waals surface area contributed by atoms with Crippen molar-refractivity contribution in [1.29, 1.82) is 0 Å². The van der Waals surface area contributed by atoms with E-state index in [-0.39, 0.29) is 0 Å². The van der Waals surface area contributed by atoms with Gasteiger partial charge in [-0.15, -0.1) is 0 Å². The van der Waals surface area contributed by atoms with Crippen molar-refractivity contribution in [3.8, 4) is 0 Å². The highest BCUT2D eigenvalue weighted by Crippen LogP contribution is 2.30. The van der Waals surface area contributed by atoms with Gasteiger partial charge in [-0.25, -0.2) is 0 Å². The molecule has 1 saturated heterocycles. The quantitative estimate of drug-likeness (QED) is 0.741. The maximum Gasteiger partial charge on any atom is 0.0731 e. The molecular weight excluding hydrogens is 210 g/mol. The Morgan fingerprint density at radius 3 is 2.41 bits per heavy atom. The van der Waals surface area contributed by atoms with Crippen LogP contribution >= 0.6 is 0 Å². The lowest BCUT2D eigenvalue weighted by molar-refractivity contribution is 0.0543. The largest absolute Gasteiger partial charge is 0.377 e. The molecule has 100 valence electrons.